The molecule has 0 spiro atoms. The largest absolute Gasteiger partial charge is 0.493 e. The van der Waals surface area contributed by atoms with Gasteiger partial charge in [-0.2, -0.15) is 0 Å². The van der Waals surface area contributed by atoms with E-state index in [9.17, 15) is 9.50 Å². The lowest BCUT2D eigenvalue weighted by Gasteiger charge is -2.18. The van der Waals surface area contributed by atoms with Crippen molar-refractivity contribution < 1.29 is 19.0 Å². The van der Waals surface area contributed by atoms with Crippen molar-refractivity contribution in [2.45, 2.75) is 73.0 Å². The number of benzene rings is 2. The summed E-state index contributed by atoms with van der Waals surface area (Å²) in [7, 11) is 0. The fraction of sp³-hybridized carbons (Fsp3) is 0.419. The summed E-state index contributed by atoms with van der Waals surface area (Å²) in [5, 5.41) is 9.90. The minimum Gasteiger partial charge on any atom is -0.493 e. The molecule has 2 aromatic rings. The Morgan fingerprint density at radius 2 is 1.80 bits per heavy atom. The number of allylic oxidation sites excluding steroid dienone is 4. The fourth-order valence-corrected chi connectivity index (χ4v) is 4.67. The second kappa shape index (κ2) is 11.3. The highest BCUT2D eigenvalue weighted by atomic mass is 19.1. The van der Waals surface area contributed by atoms with Gasteiger partial charge in [0.05, 0.1) is 12.2 Å². The predicted octanol–water partition coefficient (Wildman–Crippen LogP) is 7.98. The van der Waals surface area contributed by atoms with Gasteiger partial charge >= 0.3 is 0 Å². The molecule has 3 rings (SSSR count). The zero-order valence-electron chi connectivity index (χ0n) is 22.0. The van der Waals surface area contributed by atoms with Crippen LogP contribution in [0.15, 0.2) is 66.0 Å². The maximum Gasteiger partial charge on any atom is 0.129 e. The van der Waals surface area contributed by atoms with Gasteiger partial charge in [0.15, 0.2) is 0 Å². The van der Waals surface area contributed by atoms with E-state index in [2.05, 4.69) is 26.5 Å². The van der Waals surface area contributed by atoms with Gasteiger partial charge in [-0.25, -0.2) is 4.39 Å². The topological polar surface area (TPSA) is 38.7 Å². The van der Waals surface area contributed by atoms with E-state index in [-0.39, 0.29) is 12.4 Å². The Labute approximate surface area is 210 Å². The van der Waals surface area contributed by atoms with E-state index < -0.39 is 5.60 Å². The molecule has 1 unspecified atom stereocenters. The smallest absolute Gasteiger partial charge is 0.129 e. The molecule has 0 saturated heterocycles. The van der Waals surface area contributed by atoms with Crippen LogP contribution in [-0.4, -0.2) is 17.3 Å². The van der Waals surface area contributed by atoms with Crippen molar-refractivity contribution in [3.63, 3.8) is 0 Å². The Morgan fingerprint density at radius 3 is 2.43 bits per heavy atom. The van der Waals surface area contributed by atoms with Crippen LogP contribution in [0.2, 0.25) is 0 Å². The molecule has 0 aliphatic heterocycles. The second-order valence-electron chi connectivity index (χ2n) is 10.4. The molecule has 4 heteroatoms. The molecule has 1 aliphatic rings. The quantitative estimate of drug-likeness (QED) is 0.371. The number of ether oxygens (including phenoxy) is 2. The molecule has 1 saturated carbocycles. The first-order valence-electron chi connectivity index (χ1n) is 12.4. The Morgan fingerprint density at radius 1 is 1.14 bits per heavy atom. The SMILES string of the molecule is C=C(/C=C1/CC(C)C/C1=C/C)OCc1cc(-c2c(C)cc(OCCC(C)(C)O)cc2C)ccc1F. The number of aryl methyl sites for hydroxylation is 2. The minimum atomic E-state index is -0.761. The molecule has 0 amide bonds. The first kappa shape index (κ1) is 26.7. The van der Waals surface area contributed by atoms with Crippen LogP contribution in [0.5, 0.6) is 5.75 Å². The third-order valence-corrected chi connectivity index (χ3v) is 6.47. The zero-order chi connectivity index (χ0) is 25.8. The number of hydrogen-bond acceptors (Lipinski definition) is 3. The summed E-state index contributed by atoms with van der Waals surface area (Å²) in [5.41, 5.74) is 6.42. The Balaban J connectivity index is 1.74. The molecule has 3 nitrogen and oxygen atoms in total. The van der Waals surface area contributed by atoms with Gasteiger partial charge in [-0.1, -0.05) is 25.6 Å². The maximum absolute atomic E-state index is 14.6. The van der Waals surface area contributed by atoms with Crippen LogP contribution >= 0.6 is 0 Å². The van der Waals surface area contributed by atoms with Gasteiger partial charge in [-0.3, -0.25) is 0 Å². The molecule has 188 valence electrons. The molecule has 1 atom stereocenters. The van der Waals surface area contributed by atoms with Crippen molar-refractivity contribution in [3.8, 4) is 16.9 Å². The Bertz CT molecular complexity index is 1110. The van der Waals surface area contributed by atoms with Crippen molar-refractivity contribution in [1.82, 2.24) is 0 Å². The lowest BCUT2D eigenvalue weighted by atomic mass is 9.94. The van der Waals surface area contributed by atoms with E-state index in [1.54, 1.807) is 19.9 Å². The summed E-state index contributed by atoms with van der Waals surface area (Å²) in [6.07, 6.45) is 6.78. The molecule has 0 heterocycles. The number of aliphatic hydroxyl groups is 1. The lowest BCUT2D eigenvalue weighted by molar-refractivity contribution is 0.0553. The van der Waals surface area contributed by atoms with Gasteiger partial charge in [-0.15, -0.1) is 0 Å². The van der Waals surface area contributed by atoms with Crippen molar-refractivity contribution in [2.24, 2.45) is 5.92 Å². The van der Waals surface area contributed by atoms with Crippen molar-refractivity contribution >= 4 is 0 Å². The summed E-state index contributed by atoms with van der Waals surface area (Å²) in [6, 6.07) is 9.13. The monoisotopic (exact) mass is 478 g/mol. The van der Waals surface area contributed by atoms with E-state index in [0.717, 1.165) is 40.8 Å². The highest BCUT2D eigenvalue weighted by molar-refractivity contribution is 5.72. The normalized spacial score (nSPS) is 18.3. The van der Waals surface area contributed by atoms with Crippen LogP contribution in [0.25, 0.3) is 11.1 Å². The second-order valence-corrected chi connectivity index (χ2v) is 10.4. The molecule has 1 N–H and O–H groups in total. The van der Waals surface area contributed by atoms with Gasteiger partial charge in [0.25, 0.3) is 0 Å². The van der Waals surface area contributed by atoms with Gasteiger partial charge in [0.1, 0.15) is 23.9 Å². The molecular weight excluding hydrogens is 439 g/mol. The molecular formula is C31H39FO3. The highest BCUT2D eigenvalue weighted by Gasteiger charge is 2.20. The first-order chi connectivity index (χ1) is 16.5. The van der Waals surface area contributed by atoms with E-state index in [4.69, 9.17) is 9.47 Å². The Hall–Kier alpha value is -2.85. The first-order valence-corrected chi connectivity index (χ1v) is 12.4. The average molecular weight is 479 g/mol. The third-order valence-electron chi connectivity index (χ3n) is 6.47. The third kappa shape index (κ3) is 7.32. The lowest BCUT2D eigenvalue weighted by Crippen LogP contribution is -2.21. The van der Waals surface area contributed by atoms with Crippen LogP contribution in [0.4, 0.5) is 4.39 Å². The van der Waals surface area contributed by atoms with Crippen molar-refractivity contribution in [3.05, 3.63) is 88.5 Å². The van der Waals surface area contributed by atoms with Gasteiger partial charge in [-0.05, 0) is 117 Å². The number of halogens is 1. The van der Waals surface area contributed by atoms with Crippen molar-refractivity contribution in [2.75, 3.05) is 6.61 Å². The Kier molecular flexibility index (Phi) is 8.60. The minimum absolute atomic E-state index is 0.124. The maximum atomic E-state index is 14.6. The molecule has 1 fully saturated rings. The average Bonchev–Trinajstić information content (AvgIpc) is 3.11. The van der Waals surface area contributed by atoms with Crippen LogP contribution in [0.3, 0.4) is 0 Å². The zero-order valence-corrected chi connectivity index (χ0v) is 22.0. The molecule has 0 radical (unpaired) electrons. The van der Waals surface area contributed by atoms with E-state index in [1.807, 2.05) is 38.1 Å². The van der Waals surface area contributed by atoms with Gasteiger partial charge < -0.3 is 14.6 Å². The van der Waals surface area contributed by atoms with Crippen LogP contribution in [0, 0.1) is 25.6 Å². The van der Waals surface area contributed by atoms with E-state index >= 15 is 0 Å². The van der Waals surface area contributed by atoms with E-state index in [0.29, 0.717) is 30.3 Å². The number of rotatable bonds is 9. The van der Waals surface area contributed by atoms with Crippen molar-refractivity contribution in [1.29, 1.82) is 0 Å². The number of hydrogen-bond donors (Lipinski definition) is 1. The standard InChI is InChI=1S/C31H39FO3/c1-8-24-13-20(2)14-26(24)17-23(5)35-19-27-18-25(9-10-29(27)32)30-21(3)15-28(16-22(30)4)34-12-11-31(6,7)33/h8-10,15-18,20,33H,5,11-14,19H2,1-4,6-7H3/b24-8-,26-17-. The molecule has 2 aromatic carbocycles. The fourth-order valence-electron chi connectivity index (χ4n) is 4.67. The van der Waals surface area contributed by atoms with Crippen LogP contribution < -0.4 is 4.74 Å². The van der Waals surface area contributed by atoms with Gasteiger partial charge in [0.2, 0.25) is 0 Å². The van der Waals surface area contributed by atoms with Crippen LogP contribution in [-0.2, 0) is 11.3 Å². The summed E-state index contributed by atoms with van der Waals surface area (Å²) >= 11 is 0. The van der Waals surface area contributed by atoms with E-state index in [1.165, 1.54) is 17.2 Å². The summed E-state index contributed by atoms with van der Waals surface area (Å²) in [4.78, 5) is 0. The summed E-state index contributed by atoms with van der Waals surface area (Å²) < 4.78 is 26.4. The highest BCUT2D eigenvalue weighted by Crippen LogP contribution is 2.36. The summed E-state index contributed by atoms with van der Waals surface area (Å²) in [5.74, 6) is 1.65. The van der Waals surface area contributed by atoms with Gasteiger partial charge in [0, 0.05) is 12.0 Å². The molecule has 0 aromatic heterocycles. The molecule has 35 heavy (non-hydrogen) atoms. The predicted molar refractivity (Wildman–Crippen MR) is 142 cm³/mol. The van der Waals surface area contributed by atoms with Crippen LogP contribution in [0.1, 0.15) is 63.6 Å². The summed E-state index contributed by atoms with van der Waals surface area (Å²) in [6.45, 7) is 16.5. The molecule has 0 bridgehead atoms. The molecule has 1 aliphatic carbocycles.